The smallest absolute Gasteiger partial charge is 0.356 e. The van der Waals surface area contributed by atoms with E-state index < -0.39 is 184 Å². The minimum absolute atomic E-state index is 0.0213. The van der Waals surface area contributed by atoms with E-state index in [1.807, 2.05) is 67.3 Å². The molecule has 1 spiro atoms. The van der Waals surface area contributed by atoms with Crippen molar-refractivity contribution in [3.63, 3.8) is 0 Å². The summed E-state index contributed by atoms with van der Waals surface area (Å²) in [6.07, 6.45) is -3.28. The van der Waals surface area contributed by atoms with Gasteiger partial charge in [0.1, 0.15) is 34.0 Å². The quantitative estimate of drug-likeness (QED) is 0.0154. The highest BCUT2D eigenvalue weighted by molar-refractivity contribution is 6.31. The maximum atomic E-state index is 15.9. The Morgan fingerprint density at radius 2 is 1.59 bits per heavy atom. The standard InChI is InChI=1S/C77H91N7O21/c1-10-72(96)31-40-32-76(70(94)100-8,66-42(22-26-83(35-40)37-72)41-16-12-13-18-48(41)79-66)46-28-45-49(30-51(46)99-7)82(5)68-75(45)24-27-84-25-15-23-73(11-2,67(75)84)69(103-39(4)86)77(68,71(95)101-9)105-55(88)21-20-54(87)81-80-53(36-85)74(97)33-44-58(52(34-74)104-56-29-47(78)61(89)38(3)102-56)65(93)60-59(63(44)91)62(90)43-17-14-19-50(98-6)57(43)64(60)92/h12-19,23,28,30,38,40,47,52,56,61,67-69,79,85,89,91,93,96-97H,10-11,20-22,24-27,29,31-37,78H2,1-9H3,(H,81,87)/b80-53+/t38-,40-,47-,52+,56+,61+,67+,68+,69+,72+,73-,74+,75-,76-,77-/m0/s1. The number of aromatic hydroxyl groups is 2. The van der Waals surface area contributed by atoms with E-state index in [4.69, 9.17) is 43.6 Å². The Morgan fingerprint density at radius 1 is 0.848 bits per heavy atom. The molecule has 0 radical (unpaired) electrons. The first-order valence-corrected chi connectivity index (χ1v) is 35.9. The molecule has 4 aromatic carbocycles. The number of H-pyrrole nitrogens is 1. The van der Waals surface area contributed by atoms with Gasteiger partial charge in [0, 0.05) is 139 Å². The molecule has 2 bridgehead atoms. The minimum atomic E-state index is -2.56. The Kier molecular flexibility index (Phi) is 18.7. The van der Waals surface area contributed by atoms with E-state index >= 15 is 14.4 Å². The van der Waals surface area contributed by atoms with Crippen LogP contribution in [0.1, 0.15) is 157 Å². The number of rotatable bonds is 17. The molecule has 14 rings (SSSR count). The lowest BCUT2D eigenvalue weighted by Crippen LogP contribution is -2.82. The molecule has 1 amide bonds. The summed E-state index contributed by atoms with van der Waals surface area (Å²) in [5.74, 6) is -7.78. The number of ketones is 2. The van der Waals surface area contributed by atoms with Crippen molar-refractivity contribution in [3.05, 3.63) is 123 Å². The van der Waals surface area contributed by atoms with E-state index in [2.05, 4.69) is 25.3 Å². The van der Waals surface area contributed by atoms with Crippen LogP contribution in [0, 0.1) is 11.3 Å². The highest BCUT2D eigenvalue weighted by Gasteiger charge is 2.82. The number of nitrogens with zero attached hydrogens (tertiary/aromatic N) is 4. The molecule has 7 heterocycles. The van der Waals surface area contributed by atoms with Crippen LogP contribution in [0.15, 0.2) is 71.9 Å². The summed E-state index contributed by atoms with van der Waals surface area (Å²) in [5, 5.41) is 76.5. The number of aliphatic hydroxyl groups excluding tert-OH is 2. The number of carbonyl (C=O) groups excluding carboxylic acids is 7. The largest absolute Gasteiger partial charge is 0.507 e. The molecule has 16 atom stereocenters. The number of hydrazone groups is 1. The van der Waals surface area contributed by atoms with Crippen LogP contribution in [0.25, 0.3) is 10.9 Å². The predicted octanol–water partition coefficient (Wildman–Crippen LogP) is 4.24. The van der Waals surface area contributed by atoms with E-state index in [-0.39, 0.29) is 53.2 Å². The fourth-order valence-electron chi connectivity index (χ4n) is 20.2. The molecule has 5 aromatic rings. The topological polar surface area (TPSA) is 391 Å². The molecule has 1 saturated carbocycles. The number of methoxy groups -OCH3 is 4. The fourth-order valence-corrected chi connectivity index (χ4v) is 20.2. The van der Waals surface area contributed by atoms with Crippen molar-refractivity contribution in [1.29, 1.82) is 0 Å². The average molecular weight is 1450 g/mol. The van der Waals surface area contributed by atoms with Crippen LogP contribution in [0.5, 0.6) is 23.0 Å². The second-order valence-electron chi connectivity index (χ2n) is 30.0. The van der Waals surface area contributed by atoms with Gasteiger partial charge in [-0.3, -0.25) is 38.6 Å². The molecular weight excluding hydrogens is 1360 g/mol. The maximum Gasteiger partial charge on any atom is 0.356 e. The molecule has 4 fully saturated rings. The van der Waals surface area contributed by atoms with Gasteiger partial charge in [0.2, 0.25) is 11.7 Å². The summed E-state index contributed by atoms with van der Waals surface area (Å²) in [6.45, 7) is 8.08. The number of hydrogen-bond acceptors (Lipinski definition) is 26. The highest BCUT2D eigenvalue weighted by atomic mass is 16.7. The van der Waals surface area contributed by atoms with E-state index in [0.717, 1.165) is 23.6 Å². The number of hydrogen-bond donors (Lipinski definition) is 9. The van der Waals surface area contributed by atoms with Crippen LogP contribution in [0.2, 0.25) is 0 Å². The van der Waals surface area contributed by atoms with Gasteiger partial charge in [-0.2, -0.15) is 5.10 Å². The van der Waals surface area contributed by atoms with Crippen LogP contribution >= 0.6 is 0 Å². The summed E-state index contributed by atoms with van der Waals surface area (Å²) in [6, 6.07) is 13.3. The van der Waals surface area contributed by atoms with Crippen LogP contribution in [0.4, 0.5) is 5.69 Å². The van der Waals surface area contributed by atoms with E-state index in [9.17, 15) is 49.8 Å². The molecule has 3 aliphatic carbocycles. The lowest BCUT2D eigenvalue weighted by Gasteiger charge is -2.64. The van der Waals surface area contributed by atoms with Crippen LogP contribution in [-0.4, -0.2) is 227 Å². The molecular formula is C77H91N7O21. The number of phenolic OH excluding ortho intramolecular Hbond substituents is 2. The summed E-state index contributed by atoms with van der Waals surface area (Å²) < 4.78 is 49.6. The van der Waals surface area contributed by atoms with Crippen molar-refractivity contribution in [3.8, 4) is 23.0 Å². The zero-order valence-corrected chi connectivity index (χ0v) is 60.2. The third-order valence-corrected chi connectivity index (χ3v) is 24.6. The van der Waals surface area contributed by atoms with Crippen molar-refractivity contribution < 1.29 is 102 Å². The average Bonchev–Trinajstić information content (AvgIpc) is 1.39. The normalized spacial score (nSPS) is 32.9. The number of phenols is 2. The van der Waals surface area contributed by atoms with Crippen molar-refractivity contribution in [2.24, 2.45) is 22.2 Å². The third-order valence-electron chi connectivity index (χ3n) is 24.6. The van der Waals surface area contributed by atoms with Gasteiger partial charge in [-0.15, -0.1) is 0 Å². The number of aliphatic hydroxyl groups is 4. The third kappa shape index (κ3) is 11.0. The number of carbonyl (C=O) groups is 7. The number of anilines is 1. The molecule has 3 saturated heterocycles. The molecule has 1 unspecified atom stereocenters. The molecule has 1 aromatic heterocycles. The highest BCUT2D eigenvalue weighted by Crippen LogP contribution is 2.69. The first-order chi connectivity index (χ1) is 50.1. The Bertz CT molecular complexity index is 4490. The molecule has 10 N–H and O–H groups in total. The maximum absolute atomic E-state index is 15.9. The molecule has 6 aliphatic heterocycles. The van der Waals surface area contributed by atoms with Gasteiger partial charge in [0.15, 0.2) is 18.2 Å². The van der Waals surface area contributed by atoms with Crippen molar-refractivity contribution in [2.75, 3.05) is 79.7 Å². The number of ether oxygens (including phenoxy) is 8. The Labute approximate surface area is 605 Å². The number of para-hydroxylation sites is 1. The lowest BCUT2D eigenvalue weighted by atomic mass is 9.47. The van der Waals surface area contributed by atoms with Gasteiger partial charge in [-0.25, -0.2) is 10.2 Å². The van der Waals surface area contributed by atoms with Gasteiger partial charge in [0.05, 0.1) is 93.8 Å². The number of fused-ring (bicyclic) bond motifs is 9. The lowest BCUT2D eigenvalue weighted by molar-refractivity contribution is -0.245. The number of nitrogens with two attached hydrogens (primary N) is 1. The number of aromatic amines is 1. The summed E-state index contributed by atoms with van der Waals surface area (Å²) in [5.41, 5.74) is -0.133. The van der Waals surface area contributed by atoms with Crippen LogP contribution in [0.3, 0.4) is 0 Å². The van der Waals surface area contributed by atoms with Crippen LogP contribution in [-0.2, 0) is 76.1 Å². The van der Waals surface area contributed by atoms with E-state index in [0.29, 0.717) is 86.7 Å². The first-order valence-electron chi connectivity index (χ1n) is 35.9. The summed E-state index contributed by atoms with van der Waals surface area (Å²) >= 11 is 0. The Morgan fingerprint density at radius 3 is 2.29 bits per heavy atom. The number of likely N-dealkylation sites (N-methyl/N-ethyl adjacent to an activating group) is 1. The minimum Gasteiger partial charge on any atom is -0.507 e. The molecule has 560 valence electrons. The Hall–Kier alpha value is -8.84. The molecule has 28 nitrogen and oxygen atoms in total. The first kappa shape index (κ1) is 73.1. The van der Waals surface area contributed by atoms with Gasteiger partial charge < -0.3 is 84.2 Å². The van der Waals surface area contributed by atoms with Gasteiger partial charge in [-0.1, -0.05) is 56.3 Å². The SMILES string of the molecule is CC[C@@]1(O)C[C@@H]2CN(CCc3c([nH]c4ccccc34)[C@@](C(=O)OC)(c3cc4c(cc3OC)N(C)[C@H]3[C@@](OC(=O)CCC(=O)N/N=C(\CO)[C@@]5(O)Cc6c(O)c7c(c(O)c6[C@H](O[C@@H]6C[C@H](N)[C@H](O)[C@H](C)O6)C5)C(=O)c5c(OC)cccc5C7=O)(C(=O)OC)[C@H](OC(C)=O)[C@@]5(CC)C=CCN6CC[C@@]43[C@H]65)C2)C1. The number of nitrogens with one attached hydrogen (secondary N) is 2. The van der Waals surface area contributed by atoms with Gasteiger partial charge >= 0.3 is 23.9 Å². The number of esters is 4. The van der Waals surface area contributed by atoms with Crippen molar-refractivity contribution in [1.82, 2.24) is 20.2 Å². The second kappa shape index (κ2) is 26.9. The predicted molar refractivity (Wildman–Crippen MR) is 376 cm³/mol. The molecule has 28 heteroatoms. The summed E-state index contributed by atoms with van der Waals surface area (Å²) in [4.78, 5) is 114. The number of aromatic nitrogens is 1. The van der Waals surface area contributed by atoms with Gasteiger partial charge in [-0.05, 0) is 87.2 Å². The number of amides is 1. The second-order valence-corrected chi connectivity index (χ2v) is 30.0. The molecule has 9 aliphatic rings. The van der Waals surface area contributed by atoms with Gasteiger partial charge in [0.25, 0.3) is 5.60 Å². The number of benzene rings is 4. The molecule has 105 heavy (non-hydrogen) atoms. The Balaban J connectivity index is 0.830. The monoisotopic (exact) mass is 1450 g/mol. The summed E-state index contributed by atoms with van der Waals surface area (Å²) in [7, 11) is 7.06. The zero-order chi connectivity index (χ0) is 74.9. The van der Waals surface area contributed by atoms with Crippen LogP contribution < -0.4 is 25.5 Å². The fraction of sp³-hybridized carbons (Fsp3) is 0.532. The van der Waals surface area contributed by atoms with Crippen molar-refractivity contribution >= 4 is 63.7 Å². The van der Waals surface area contributed by atoms with Crippen molar-refractivity contribution in [2.45, 2.75) is 175 Å². The zero-order valence-electron chi connectivity index (χ0n) is 60.2. The number of piperidine rings is 1. The van der Waals surface area contributed by atoms with E-state index in [1.54, 1.807) is 14.0 Å². The van der Waals surface area contributed by atoms with E-state index in [1.165, 1.54) is 46.5 Å².